The highest BCUT2D eigenvalue weighted by Crippen LogP contribution is 2.36. The number of amides is 1. The Balaban J connectivity index is 1.64. The zero-order valence-electron chi connectivity index (χ0n) is 21.2. The molecule has 35 heavy (non-hydrogen) atoms. The number of aliphatic hydroxyl groups is 1. The highest BCUT2D eigenvalue weighted by molar-refractivity contribution is 7.99. The van der Waals surface area contributed by atoms with E-state index in [1.165, 1.54) is 24.6 Å². The summed E-state index contributed by atoms with van der Waals surface area (Å²) in [7, 11) is -3.59. The molecule has 0 aromatic heterocycles. The molecule has 1 saturated carbocycles. The van der Waals surface area contributed by atoms with Gasteiger partial charge in [-0.15, -0.1) is 11.8 Å². The number of rotatable bonds is 11. The molecule has 194 valence electrons. The fourth-order valence-corrected chi connectivity index (χ4v) is 6.95. The Morgan fingerprint density at radius 1 is 1.14 bits per heavy atom. The Kier molecular flexibility index (Phi) is 10.0. The molecule has 1 amide bonds. The summed E-state index contributed by atoms with van der Waals surface area (Å²) in [5.41, 5.74) is 0. The van der Waals surface area contributed by atoms with Crippen LogP contribution in [0.3, 0.4) is 0 Å². The quantitative estimate of drug-likeness (QED) is 0.377. The Labute approximate surface area is 214 Å². The van der Waals surface area contributed by atoms with Crippen molar-refractivity contribution in [3.8, 4) is 0 Å². The van der Waals surface area contributed by atoms with Crippen LogP contribution in [0.5, 0.6) is 0 Å². The molecular weight excluding hydrogens is 480 g/mol. The molecule has 8 heteroatoms. The van der Waals surface area contributed by atoms with E-state index in [9.17, 15) is 18.3 Å². The lowest BCUT2D eigenvalue weighted by Crippen LogP contribution is -2.53. The van der Waals surface area contributed by atoms with E-state index >= 15 is 0 Å². The van der Waals surface area contributed by atoms with Crippen LogP contribution in [0.4, 0.5) is 0 Å². The number of hydrogen-bond donors (Lipinski definition) is 3. The summed E-state index contributed by atoms with van der Waals surface area (Å²) in [6.07, 6.45) is 5.09. The molecule has 0 aliphatic heterocycles. The van der Waals surface area contributed by atoms with Gasteiger partial charge >= 0.3 is 0 Å². The number of hydrogen-bond acceptors (Lipinski definition) is 5. The first-order valence-corrected chi connectivity index (χ1v) is 15.5. The molecule has 0 saturated heterocycles. The van der Waals surface area contributed by atoms with Gasteiger partial charge in [-0.2, -0.15) is 0 Å². The van der Waals surface area contributed by atoms with E-state index in [0.717, 1.165) is 34.3 Å². The maximum Gasteiger partial charge on any atom is 0.239 e. The third-order valence-electron chi connectivity index (χ3n) is 7.20. The smallest absolute Gasteiger partial charge is 0.239 e. The van der Waals surface area contributed by atoms with Crippen LogP contribution in [0.1, 0.15) is 52.9 Å². The third kappa shape index (κ3) is 8.48. The van der Waals surface area contributed by atoms with Crippen molar-refractivity contribution in [2.24, 2.45) is 17.8 Å². The highest BCUT2D eigenvalue weighted by Gasteiger charge is 2.31. The Hall–Kier alpha value is -1.61. The summed E-state index contributed by atoms with van der Waals surface area (Å²) >= 11 is 1.43. The minimum Gasteiger partial charge on any atom is -0.391 e. The van der Waals surface area contributed by atoms with Gasteiger partial charge in [0.05, 0.1) is 18.4 Å². The molecule has 0 bridgehead atoms. The number of aliphatic hydroxyl groups excluding tert-OH is 1. The summed E-state index contributed by atoms with van der Waals surface area (Å²) in [5.74, 6) is 1.57. The van der Waals surface area contributed by atoms with Gasteiger partial charge in [0.2, 0.25) is 15.9 Å². The lowest BCUT2D eigenvalue weighted by atomic mass is 9.73. The van der Waals surface area contributed by atoms with Crippen molar-refractivity contribution < 1.29 is 18.3 Å². The van der Waals surface area contributed by atoms with Gasteiger partial charge in [0, 0.05) is 10.6 Å². The van der Waals surface area contributed by atoms with Crippen molar-refractivity contribution in [1.29, 1.82) is 0 Å². The van der Waals surface area contributed by atoms with Crippen LogP contribution in [-0.2, 0) is 14.8 Å². The van der Waals surface area contributed by atoms with Crippen LogP contribution in [-0.4, -0.2) is 49.6 Å². The van der Waals surface area contributed by atoms with Crippen molar-refractivity contribution in [1.82, 2.24) is 10.0 Å². The molecule has 3 rings (SSSR count). The Bertz CT molecular complexity index is 1090. The van der Waals surface area contributed by atoms with Gasteiger partial charge in [0.15, 0.2) is 0 Å². The molecule has 6 atom stereocenters. The van der Waals surface area contributed by atoms with Crippen molar-refractivity contribution in [3.05, 3.63) is 42.5 Å². The molecule has 3 N–H and O–H groups in total. The molecule has 2 aromatic carbocycles. The van der Waals surface area contributed by atoms with E-state index in [4.69, 9.17) is 0 Å². The van der Waals surface area contributed by atoms with Crippen LogP contribution < -0.4 is 10.0 Å². The molecule has 6 nitrogen and oxygen atoms in total. The van der Waals surface area contributed by atoms with Crippen molar-refractivity contribution in [2.75, 3.05) is 12.0 Å². The summed E-state index contributed by atoms with van der Waals surface area (Å²) in [5, 5.41) is 16.1. The van der Waals surface area contributed by atoms with E-state index in [1.54, 1.807) is 0 Å². The summed E-state index contributed by atoms with van der Waals surface area (Å²) in [6, 6.07) is 12.7. The van der Waals surface area contributed by atoms with E-state index in [0.29, 0.717) is 24.7 Å². The van der Waals surface area contributed by atoms with Crippen LogP contribution >= 0.6 is 11.8 Å². The first-order valence-electron chi connectivity index (χ1n) is 12.6. The number of nitrogens with one attached hydrogen (secondary N) is 2. The van der Waals surface area contributed by atoms with Gasteiger partial charge in [-0.1, -0.05) is 57.5 Å². The van der Waals surface area contributed by atoms with Gasteiger partial charge in [-0.3, -0.25) is 4.79 Å². The van der Waals surface area contributed by atoms with Crippen molar-refractivity contribution in [3.63, 3.8) is 0 Å². The van der Waals surface area contributed by atoms with Crippen LogP contribution in [0.2, 0.25) is 0 Å². The molecule has 3 unspecified atom stereocenters. The lowest BCUT2D eigenvalue weighted by molar-refractivity contribution is -0.124. The van der Waals surface area contributed by atoms with Crippen LogP contribution in [0.15, 0.2) is 47.4 Å². The normalized spacial score (nSPS) is 23.5. The lowest BCUT2D eigenvalue weighted by Gasteiger charge is -2.35. The monoisotopic (exact) mass is 520 g/mol. The van der Waals surface area contributed by atoms with Gasteiger partial charge in [0.25, 0.3) is 0 Å². The van der Waals surface area contributed by atoms with E-state index in [2.05, 4.69) is 23.9 Å². The van der Waals surface area contributed by atoms with Gasteiger partial charge in [0.1, 0.15) is 6.04 Å². The third-order valence-corrected chi connectivity index (χ3v) is 9.00. The predicted molar refractivity (Wildman–Crippen MR) is 145 cm³/mol. The molecule has 2 aromatic rings. The molecule has 1 aliphatic carbocycles. The fraction of sp³-hybridized carbons (Fsp3) is 0.593. The Morgan fingerprint density at radius 3 is 2.51 bits per heavy atom. The largest absolute Gasteiger partial charge is 0.391 e. The number of thioether (sulfide) groups is 1. The predicted octanol–water partition coefficient (Wildman–Crippen LogP) is 4.57. The van der Waals surface area contributed by atoms with Gasteiger partial charge < -0.3 is 10.4 Å². The molecule has 0 heterocycles. The number of carbonyl (C=O) groups is 1. The highest BCUT2D eigenvalue weighted by atomic mass is 32.2. The van der Waals surface area contributed by atoms with E-state index in [1.807, 2.05) is 49.4 Å². The second-order valence-electron chi connectivity index (χ2n) is 10.2. The number of sulfonamides is 1. The average molecular weight is 521 g/mol. The zero-order valence-corrected chi connectivity index (χ0v) is 22.9. The van der Waals surface area contributed by atoms with Crippen molar-refractivity contribution >= 4 is 38.5 Å². The molecule has 0 radical (unpaired) electrons. The van der Waals surface area contributed by atoms with Crippen LogP contribution in [0, 0.1) is 17.8 Å². The van der Waals surface area contributed by atoms with Crippen LogP contribution in [0.25, 0.3) is 10.8 Å². The van der Waals surface area contributed by atoms with Gasteiger partial charge in [-0.25, -0.2) is 13.1 Å². The summed E-state index contributed by atoms with van der Waals surface area (Å²) in [6.45, 7) is 6.47. The zero-order chi connectivity index (χ0) is 25.6. The number of carbonyl (C=O) groups excluding carboxylic acids is 1. The van der Waals surface area contributed by atoms with E-state index < -0.39 is 34.1 Å². The molecule has 1 fully saturated rings. The molecular formula is C27H40N2O4S2. The summed E-state index contributed by atoms with van der Waals surface area (Å²) in [4.78, 5) is 14.1. The Morgan fingerprint density at radius 2 is 1.86 bits per heavy atom. The first kappa shape index (κ1) is 28.0. The minimum absolute atomic E-state index is 0.251. The first-order chi connectivity index (χ1) is 16.6. The SMILES string of the molecule is CC[C@H](NC(=O)[C@@H](CSc1ccc2ccccc2c1)NS(C)(=O)=O)[C@H](O)CC1CCC(C)CC1C. The topological polar surface area (TPSA) is 95.5 Å². The second-order valence-corrected chi connectivity index (χ2v) is 13.1. The number of benzene rings is 2. The van der Waals surface area contributed by atoms with E-state index in [-0.39, 0.29) is 5.75 Å². The fourth-order valence-electron chi connectivity index (χ4n) is 5.16. The standard InChI is InChI=1S/C27H40N2O4S2/c1-5-24(26(30)16-21-11-10-18(2)14-19(21)3)28-27(31)25(29-35(4,32)33)17-34-23-13-12-20-8-6-7-9-22(20)15-23/h6-9,12-13,15,18-19,21,24-26,29-30H,5,10-11,14,16-17H2,1-4H3,(H,28,31)/t18?,19?,21?,24-,25+,26+/m0/s1. The summed E-state index contributed by atoms with van der Waals surface area (Å²) < 4.78 is 26.5. The number of fused-ring (bicyclic) bond motifs is 1. The second kappa shape index (κ2) is 12.6. The van der Waals surface area contributed by atoms with Gasteiger partial charge in [-0.05, 0) is 66.3 Å². The molecule has 1 aliphatic rings. The molecule has 0 spiro atoms. The van der Waals surface area contributed by atoms with Crippen molar-refractivity contribution in [2.45, 2.75) is 76.0 Å². The minimum atomic E-state index is -3.59. The maximum absolute atomic E-state index is 13.2. The maximum atomic E-state index is 13.2. The average Bonchev–Trinajstić information content (AvgIpc) is 2.80.